The second kappa shape index (κ2) is 7.66. The number of carboxylic acids is 1. The van der Waals surface area contributed by atoms with E-state index in [1.165, 1.54) is 5.69 Å². The number of benzene rings is 1. The second-order valence-electron chi connectivity index (χ2n) is 6.58. The van der Waals surface area contributed by atoms with E-state index < -0.39 is 5.97 Å². The van der Waals surface area contributed by atoms with Crippen LogP contribution in [0.3, 0.4) is 0 Å². The first-order valence-electron chi connectivity index (χ1n) is 8.66. The number of aliphatic carboxylic acids is 1. The predicted molar refractivity (Wildman–Crippen MR) is 92.0 cm³/mol. The van der Waals surface area contributed by atoms with Crippen LogP contribution in [0.4, 0.5) is 5.69 Å². The van der Waals surface area contributed by atoms with Crippen LogP contribution in [0, 0.1) is 5.92 Å². The lowest BCUT2D eigenvalue weighted by molar-refractivity contribution is -0.141. The third-order valence-electron chi connectivity index (χ3n) is 5.03. The van der Waals surface area contributed by atoms with Gasteiger partial charge in [-0.15, -0.1) is 0 Å². The third kappa shape index (κ3) is 4.06. The van der Waals surface area contributed by atoms with Crippen molar-refractivity contribution in [3.05, 3.63) is 30.3 Å². The summed E-state index contributed by atoms with van der Waals surface area (Å²) in [6, 6.07) is 10.4. The van der Waals surface area contributed by atoms with Gasteiger partial charge in [-0.2, -0.15) is 0 Å². The van der Waals surface area contributed by atoms with Crippen molar-refractivity contribution < 1.29 is 14.7 Å². The molecule has 0 saturated carbocycles. The van der Waals surface area contributed by atoms with Crippen LogP contribution in [0.5, 0.6) is 0 Å². The molecule has 0 radical (unpaired) electrons. The first kappa shape index (κ1) is 16.8. The van der Waals surface area contributed by atoms with Gasteiger partial charge in [0.2, 0.25) is 5.91 Å². The largest absolute Gasteiger partial charge is 0.481 e. The Labute approximate surface area is 142 Å². The Kier molecular flexibility index (Phi) is 5.35. The molecular weight excluding hydrogens is 306 g/mol. The molecule has 0 spiro atoms. The highest BCUT2D eigenvalue weighted by Gasteiger charge is 2.30. The van der Waals surface area contributed by atoms with Crippen molar-refractivity contribution in [2.75, 3.05) is 50.7 Å². The van der Waals surface area contributed by atoms with Gasteiger partial charge in [-0.25, -0.2) is 0 Å². The fourth-order valence-electron chi connectivity index (χ4n) is 3.47. The number of hydrogen-bond acceptors (Lipinski definition) is 4. The number of likely N-dealkylation sites (tertiary alicyclic amines) is 1. The van der Waals surface area contributed by atoms with Crippen molar-refractivity contribution in [3.8, 4) is 0 Å². The predicted octanol–water partition coefficient (Wildman–Crippen LogP) is 1.13. The van der Waals surface area contributed by atoms with Gasteiger partial charge in [0, 0.05) is 57.9 Å². The van der Waals surface area contributed by atoms with Crippen LogP contribution in [0.2, 0.25) is 0 Å². The van der Waals surface area contributed by atoms with Crippen LogP contribution in [-0.2, 0) is 9.59 Å². The van der Waals surface area contributed by atoms with E-state index in [1.807, 2.05) is 6.07 Å². The molecule has 6 nitrogen and oxygen atoms in total. The summed E-state index contributed by atoms with van der Waals surface area (Å²) in [5, 5.41) is 9.01. The van der Waals surface area contributed by atoms with Gasteiger partial charge in [0.25, 0.3) is 0 Å². The van der Waals surface area contributed by atoms with Crippen molar-refractivity contribution in [2.24, 2.45) is 5.92 Å². The van der Waals surface area contributed by atoms with Crippen LogP contribution in [0.15, 0.2) is 30.3 Å². The van der Waals surface area contributed by atoms with Crippen LogP contribution in [0.25, 0.3) is 0 Å². The van der Waals surface area contributed by atoms with Gasteiger partial charge in [0.1, 0.15) is 0 Å². The van der Waals surface area contributed by atoms with Gasteiger partial charge in [-0.05, 0) is 18.6 Å². The number of rotatable bonds is 5. The Balaban J connectivity index is 1.39. The molecule has 2 heterocycles. The number of carbonyl (C=O) groups excluding carboxylic acids is 1. The Hall–Kier alpha value is -2.08. The summed E-state index contributed by atoms with van der Waals surface area (Å²) in [6.45, 7) is 5.58. The first-order chi connectivity index (χ1) is 11.6. The van der Waals surface area contributed by atoms with E-state index in [9.17, 15) is 9.59 Å². The Bertz CT molecular complexity index is 570. The summed E-state index contributed by atoms with van der Waals surface area (Å²) in [6.07, 6.45) is 1.06. The zero-order chi connectivity index (χ0) is 16.9. The SMILES string of the molecule is O=C(O)[C@H]1CCN(C(=O)CCN2CCN(c3ccccc3)CC2)C1. The summed E-state index contributed by atoms with van der Waals surface area (Å²) in [5.74, 6) is -1.09. The fraction of sp³-hybridized carbons (Fsp3) is 0.556. The molecule has 1 N–H and O–H groups in total. The summed E-state index contributed by atoms with van der Waals surface area (Å²) >= 11 is 0. The van der Waals surface area contributed by atoms with Crippen LogP contribution < -0.4 is 4.90 Å². The fourth-order valence-corrected chi connectivity index (χ4v) is 3.47. The Morgan fingerprint density at radius 1 is 1.04 bits per heavy atom. The normalized spacial score (nSPS) is 21.9. The number of piperazine rings is 1. The lowest BCUT2D eigenvalue weighted by atomic mass is 10.1. The standard InChI is InChI=1S/C18H25N3O3/c22-17(21-9-6-15(14-21)18(23)24)7-8-19-10-12-20(13-11-19)16-4-2-1-3-5-16/h1-5,15H,6-14H2,(H,23,24)/t15-/m0/s1. The van der Waals surface area contributed by atoms with Crippen molar-refractivity contribution in [2.45, 2.75) is 12.8 Å². The zero-order valence-electron chi connectivity index (χ0n) is 13.9. The second-order valence-corrected chi connectivity index (χ2v) is 6.58. The number of hydrogen-bond donors (Lipinski definition) is 1. The smallest absolute Gasteiger partial charge is 0.308 e. The molecule has 1 aromatic carbocycles. The third-order valence-corrected chi connectivity index (χ3v) is 5.03. The maximum absolute atomic E-state index is 12.2. The molecule has 2 saturated heterocycles. The van der Waals surface area contributed by atoms with E-state index in [0.717, 1.165) is 32.7 Å². The minimum Gasteiger partial charge on any atom is -0.481 e. The van der Waals surface area contributed by atoms with Crippen molar-refractivity contribution in [1.82, 2.24) is 9.80 Å². The highest BCUT2D eigenvalue weighted by Crippen LogP contribution is 2.18. The molecule has 2 aliphatic heterocycles. The van der Waals surface area contributed by atoms with Gasteiger partial charge >= 0.3 is 5.97 Å². The molecule has 0 aliphatic carbocycles. The average molecular weight is 331 g/mol. The summed E-state index contributed by atoms with van der Waals surface area (Å²) in [7, 11) is 0. The maximum atomic E-state index is 12.2. The van der Waals surface area contributed by atoms with Crippen molar-refractivity contribution in [3.63, 3.8) is 0 Å². The molecule has 130 valence electrons. The summed E-state index contributed by atoms with van der Waals surface area (Å²) in [5.41, 5.74) is 1.25. The number of anilines is 1. The minimum atomic E-state index is -0.790. The van der Waals surface area contributed by atoms with Gasteiger partial charge in [-0.3, -0.25) is 14.5 Å². The van der Waals surface area contributed by atoms with E-state index in [2.05, 4.69) is 34.1 Å². The maximum Gasteiger partial charge on any atom is 0.308 e. The highest BCUT2D eigenvalue weighted by atomic mass is 16.4. The van der Waals surface area contributed by atoms with E-state index in [-0.39, 0.29) is 11.8 Å². The lowest BCUT2D eigenvalue weighted by Crippen LogP contribution is -2.47. The molecule has 6 heteroatoms. The van der Waals surface area contributed by atoms with Gasteiger partial charge < -0.3 is 14.9 Å². The number of amides is 1. The van der Waals surface area contributed by atoms with Crippen molar-refractivity contribution in [1.29, 1.82) is 0 Å². The van der Waals surface area contributed by atoms with E-state index >= 15 is 0 Å². The zero-order valence-corrected chi connectivity index (χ0v) is 13.9. The van der Waals surface area contributed by atoms with Gasteiger partial charge in [-0.1, -0.05) is 18.2 Å². The Morgan fingerprint density at radius 2 is 1.75 bits per heavy atom. The monoisotopic (exact) mass is 331 g/mol. The van der Waals surface area contributed by atoms with Crippen LogP contribution in [0.1, 0.15) is 12.8 Å². The molecule has 1 aromatic rings. The van der Waals surface area contributed by atoms with E-state index in [1.54, 1.807) is 4.90 Å². The lowest BCUT2D eigenvalue weighted by Gasteiger charge is -2.36. The molecule has 0 unspecified atom stereocenters. The van der Waals surface area contributed by atoms with Crippen LogP contribution >= 0.6 is 0 Å². The number of nitrogens with zero attached hydrogens (tertiary/aromatic N) is 3. The molecule has 0 aromatic heterocycles. The number of carbonyl (C=O) groups is 2. The molecule has 1 amide bonds. The quantitative estimate of drug-likeness (QED) is 0.876. The topological polar surface area (TPSA) is 64.1 Å². The molecule has 24 heavy (non-hydrogen) atoms. The average Bonchev–Trinajstić information content (AvgIpc) is 3.11. The molecule has 2 aliphatic rings. The van der Waals surface area contributed by atoms with Crippen molar-refractivity contribution >= 4 is 17.6 Å². The molecule has 3 rings (SSSR count). The summed E-state index contributed by atoms with van der Waals surface area (Å²) < 4.78 is 0. The highest BCUT2D eigenvalue weighted by molar-refractivity contribution is 5.78. The first-order valence-corrected chi connectivity index (χ1v) is 8.66. The molecule has 1 atom stereocenters. The van der Waals surface area contributed by atoms with Gasteiger partial charge in [0.15, 0.2) is 0 Å². The van der Waals surface area contributed by atoms with E-state index in [4.69, 9.17) is 5.11 Å². The number of carboxylic acid groups (broad SMARTS) is 1. The molecule has 2 fully saturated rings. The Morgan fingerprint density at radius 3 is 2.38 bits per heavy atom. The minimum absolute atomic E-state index is 0.0873. The van der Waals surface area contributed by atoms with Crippen LogP contribution in [-0.4, -0.2) is 72.6 Å². The van der Waals surface area contributed by atoms with E-state index in [0.29, 0.717) is 25.9 Å². The van der Waals surface area contributed by atoms with Gasteiger partial charge in [0.05, 0.1) is 5.92 Å². The summed E-state index contributed by atoms with van der Waals surface area (Å²) in [4.78, 5) is 29.6. The molecular formula is C18H25N3O3. The molecule has 0 bridgehead atoms. The number of para-hydroxylation sites is 1.